The summed E-state index contributed by atoms with van der Waals surface area (Å²) in [6.07, 6.45) is 3.53. The number of allylic oxidation sites excluding steroid dienone is 3. The van der Waals surface area contributed by atoms with Crippen molar-refractivity contribution in [3.8, 4) is 0 Å². The highest BCUT2D eigenvalue weighted by Crippen LogP contribution is 2.36. The van der Waals surface area contributed by atoms with Crippen molar-refractivity contribution in [1.29, 1.82) is 0 Å². The molecule has 1 rings (SSSR count). The maximum Gasteiger partial charge on any atom is 0.00209 e. The van der Waals surface area contributed by atoms with E-state index in [0.717, 1.165) is 5.92 Å². The van der Waals surface area contributed by atoms with Crippen LogP contribution in [0.15, 0.2) is 23.8 Å². The Morgan fingerprint density at radius 2 is 2.50 bits per heavy atom. The maximum atomic E-state index is 3.85. The largest absolute Gasteiger partial charge is 0.0958 e. The molecule has 0 heterocycles. The summed E-state index contributed by atoms with van der Waals surface area (Å²) in [5.74, 6) is 0.785. The summed E-state index contributed by atoms with van der Waals surface area (Å²) in [4.78, 5) is 0. The van der Waals surface area contributed by atoms with Gasteiger partial charge in [-0.1, -0.05) is 25.2 Å². The first-order chi connectivity index (χ1) is 3.75. The number of hydrogen-bond donors (Lipinski definition) is 0. The fourth-order valence-corrected chi connectivity index (χ4v) is 0.965. The zero-order valence-corrected chi connectivity index (χ0v) is 5.57. The minimum Gasteiger partial charge on any atom is -0.0958 e. The van der Waals surface area contributed by atoms with E-state index in [1.165, 1.54) is 17.6 Å². The number of rotatable bonds is 2. The molecule has 0 saturated carbocycles. The molecule has 0 heteroatoms. The van der Waals surface area contributed by atoms with E-state index in [4.69, 9.17) is 0 Å². The molecule has 8 heavy (non-hydrogen) atoms. The quantitative estimate of drug-likeness (QED) is 0.510. The molecule has 0 aromatic heterocycles. The zero-order valence-electron chi connectivity index (χ0n) is 5.57. The van der Waals surface area contributed by atoms with Crippen LogP contribution in [0.1, 0.15) is 20.3 Å². The standard InChI is InChI=1S/C8H12/c1-4-7-5-8(7)6(2)3/h5,7H,2,4H2,1,3H3. The molecule has 0 bridgehead atoms. The first-order valence-corrected chi connectivity index (χ1v) is 3.13. The monoisotopic (exact) mass is 108 g/mol. The van der Waals surface area contributed by atoms with Crippen molar-refractivity contribution in [2.75, 3.05) is 0 Å². The Kier molecular flexibility index (Phi) is 1.24. The van der Waals surface area contributed by atoms with Crippen LogP contribution in [0, 0.1) is 5.92 Å². The molecule has 0 aromatic carbocycles. The molecule has 1 atom stereocenters. The molecule has 0 aliphatic heterocycles. The summed E-state index contributed by atoms with van der Waals surface area (Å²) in [6, 6.07) is 0. The van der Waals surface area contributed by atoms with Crippen LogP contribution in [-0.4, -0.2) is 0 Å². The molecule has 1 aliphatic rings. The highest BCUT2D eigenvalue weighted by molar-refractivity contribution is 5.43. The van der Waals surface area contributed by atoms with Crippen molar-refractivity contribution in [1.82, 2.24) is 0 Å². The normalized spacial score (nSPS) is 24.8. The predicted octanol–water partition coefficient (Wildman–Crippen LogP) is 2.53. The van der Waals surface area contributed by atoms with Gasteiger partial charge in [-0.2, -0.15) is 0 Å². The van der Waals surface area contributed by atoms with Crippen molar-refractivity contribution >= 4 is 0 Å². The lowest BCUT2D eigenvalue weighted by Crippen LogP contribution is -1.76. The Balaban J connectivity index is 2.35. The fraction of sp³-hybridized carbons (Fsp3) is 0.500. The lowest BCUT2D eigenvalue weighted by Gasteiger charge is -1.90. The fourth-order valence-electron chi connectivity index (χ4n) is 0.965. The molecular formula is C8H12. The van der Waals surface area contributed by atoms with Gasteiger partial charge in [0.2, 0.25) is 0 Å². The van der Waals surface area contributed by atoms with Crippen LogP contribution in [0.25, 0.3) is 0 Å². The van der Waals surface area contributed by atoms with Gasteiger partial charge >= 0.3 is 0 Å². The summed E-state index contributed by atoms with van der Waals surface area (Å²) in [7, 11) is 0. The van der Waals surface area contributed by atoms with Crippen molar-refractivity contribution in [2.45, 2.75) is 20.3 Å². The van der Waals surface area contributed by atoms with E-state index in [0.29, 0.717) is 0 Å². The molecule has 0 saturated heterocycles. The van der Waals surface area contributed by atoms with Crippen LogP contribution in [-0.2, 0) is 0 Å². The van der Waals surface area contributed by atoms with Gasteiger partial charge in [0.25, 0.3) is 0 Å². The van der Waals surface area contributed by atoms with E-state index in [-0.39, 0.29) is 0 Å². The van der Waals surface area contributed by atoms with Crippen LogP contribution in [0.4, 0.5) is 0 Å². The first-order valence-electron chi connectivity index (χ1n) is 3.13. The van der Waals surface area contributed by atoms with Crippen molar-refractivity contribution in [2.24, 2.45) is 5.92 Å². The van der Waals surface area contributed by atoms with Gasteiger partial charge in [0.15, 0.2) is 0 Å². The summed E-state index contributed by atoms with van der Waals surface area (Å²) < 4.78 is 0. The van der Waals surface area contributed by atoms with Crippen molar-refractivity contribution in [3.05, 3.63) is 23.8 Å². The van der Waals surface area contributed by atoms with Crippen LogP contribution >= 0.6 is 0 Å². The highest BCUT2D eigenvalue weighted by Gasteiger charge is 2.21. The van der Waals surface area contributed by atoms with Gasteiger partial charge in [0.1, 0.15) is 0 Å². The van der Waals surface area contributed by atoms with Gasteiger partial charge in [-0.25, -0.2) is 0 Å². The Morgan fingerprint density at radius 3 is 2.62 bits per heavy atom. The summed E-state index contributed by atoms with van der Waals surface area (Å²) in [5, 5.41) is 0. The second-order valence-corrected chi connectivity index (χ2v) is 2.42. The first kappa shape index (κ1) is 5.61. The van der Waals surface area contributed by atoms with Gasteiger partial charge in [-0.3, -0.25) is 0 Å². The predicted molar refractivity (Wildman–Crippen MR) is 36.7 cm³/mol. The van der Waals surface area contributed by atoms with E-state index >= 15 is 0 Å². The molecule has 0 amide bonds. The van der Waals surface area contributed by atoms with Gasteiger partial charge in [-0.15, -0.1) is 0 Å². The number of hydrogen-bond acceptors (Lipinski definition) is 0. The van der Waals surface area contributed by atoms with Gasteiger partial charge in [-0.05, 0) is 18.9 Å². The third kappa shape index (κ3) is 0.835. The average Bonchev–Trinajstić information content (AvgIpc) is 2.42. The molecule has 0 spiro atoms. The van der Waals surface area contributed by atoms with E-state index in [1.54, 1.807) is 0 Å². The smallest absolute Gasteiger partial charge is 0.00209 e. The highest BCUT2D eigenvalue weighted by atomic mass is 14.3. The topological polar surface area (TPSA) is 0 Å². The molecule has 0 fully saturated rings. The zero-order chi connectivity index (χ0) is 6.15. The van der Waals surface area contributed by atoms with E-state index in [9.17, 15) is 0 Å². The van der Waals surface area contributed by atoms with Crippen LogP contribution in [0.2, 0.25) is 0 Å². The molecule has 0 radical (unpaired) electrons. The molecule has 0 aromatic rings. The molecule has 44 valence electrons. The molecule has 1 aliphatic carbocycles. The Hall–Kier alpha value is -0.520. The summed E-state index contributed by atoms with van der Waals surface area (Å²) >= 11 is 0. The summed E-state index contributed by atoms with van der Waals surface area (Å²) in [6.45, 7) is 8.12. The SMILES string of the molecule is C=C(C)C1=CC1CC. The van der Waals surface area contributed by atoms with E-state index < -0.39 is 0 Å². The van der Waals surface area contributed by atoms with Gasteiger partial charge in [0, 0.05) is 5.92 Å². The molecule has 0 N–H and O–H groups in total. The van der Waals surface area contributed by atoms with E-state index in [2.05, 4.69) is 26.5 Å². The molecule has 0 nitrogen and oxygen atoms in total. The lowest BCUT2D eigenvalue weighted by atomic mass is 10.1. The maximum absolute atomic E-state index is 3.85. The van der Waals surface area contributed by atoms with Crippen LogP contribution in [0.5, 0.6) is 0 Å². The third-order valence-electron chi connectivity index (χ3n) is 1.60. The average molecular weight is 108 g/mol. The molecule has 1 unspecified atom stereocenters. The Labute approximate surface area is 50.9 Å². The second kappa shape index (κ2) is 1.77. The Bertz CT molecular complexity index is 140. The minimum absolute atomic E-state index is 0.785. The van der Waals surface area contributed by atoms with Gasteiger partial charge in [0.05, 0.1) is 0 Å². The molecular weight excluding hydrogens is 96.1 g/mol. The van der Waals surface area contributed by atoms with Crippen molar-refractivity contribution < 1.29 is 0 Å². The minimum atomic E-state index is 0.785. The third-order valence-corrected chi connectivity index (χ3v) is 1.60. The van der Waals surface area contributed by atoms with Gasteiger partial charge < -0.3 is 0 Å². The van der Waals surface area contributed by atoms with Crippen LogP contribution in [0.3, 0.4) is 0 Å². The summed E-state index contributed by atoms with van der Waals surface area (Å²) in [5.41, 5.74) is 2.73. The lowest BCUT2D eigenvalue weighted by molar-refractivity contribution is 0.841. The van der Waals surface area contributed by atoms with Crippen LogP contribution < -0.4 is 0 Å². The Morgan fingerprint density at radius 1 is 1.88 bits per heavy atom. The van der Waals surface area contributed by atoms with Crippen molar-refractivity contribution in [3.63, 3.8) is 0 Å². The van der Waals surface area contributed by atoms with E-state index in [1.807, 2.05) is 0 Å². The second-order valence-electron chi connectivity index (χ2n) is 2.42.